The number of fused-ring (bicyclic) bond motifs is 1. The second-order valence-electron chi connectivity index (χ2n) is 6.47. The van der Waals surface area contributed by atoms with Crippen LogP contribution in [0.15, 0.2) is 30.5 Å². The minimum absolute atomic E-state index is 0.000787. The number of nitrogens with zero attached hydrogens (tertiary/aromatic N) is 3. The highest BCUT2D eigenvalue weighted by atomic mass is 32.1. The molecule has 8 nitrogen and oxygen atoms in total. The monoisotopic (exact) mass is 402 g/mol. The number of carbonyl (C=O) groups is 1. The minimum Gasteiger partial charge on any atom is -0.483 e. The number of ether oxygens (including phenoxy) is 3. The molecule has 9 heteroatoms. The molecule has 1 aliphatic rings. The van der Waals surface area contributed by atoms with Crippen LogP contribution in [-0.4, -0.2) is 47.6 Å². The van der Waals surface area contributed by atoms with Crippen LogP contribution >= 0.6 is 11.3 Å². The van der Waals surface area contributed by atoms with Crippen molar-refractivity contribution in [1.82, 2.24) is 14.8 Å². The van der Waals surface area contributed by atoms with E-state index in [4.69, 9.17) is 14.2 Å². The van der Waals surface area contributed by atoms with Gasteiger partial charge >= 0.3 is 0 Å². The number of methoxy groups -OCH3 is 1. The molecule has 0 radical (unpaired) electrons. The zero-order chi connectivity index (χ0) is 19.3. The number of rotatable bonds is 8. The summed E-state index contributed by atoms with van der Waals surface area (Å²) in [6.45, 7) is 2.04. The van der Waals surface area contributed by atoms with E-state index in [0.29, 0.717) is 17.5 Å². The van der Waals surface area contributed by atoms with Crippen molar-refractivity contribution in [2.45, 2.75) is 25.5 Å². The van der Waals surface area contributed by atoms with Crippen molar-refractivity contribution in [1.29, 1.82) is 0 Å². The van der Waals surface area contributed by atoms with Gasteiger partial charge in [0.1, 0.15) is 16.9 Å². The van der Waals surface area contributed by atoms with Gasteiger partial charge in [-0.25, -0.2) is 0 Å². The third kappa shape index (κ3) is 4.16. The minimum atomic E-state index is -0.272. The third-order valence-corrected chi connectivity index (χ3v) is 5.49. The Bertz CT molecular complexity index is 948. The molecule has 3 aromatic rings. The van der Waals surface area contributed by atoms with Crippen molar-refractivity contribution < 1.29 is 19.0 Å². The lowest BCUT2D eigenvalue weighted by Crippen LogP contribution is -2.20. The van der Waals surface area contributed by atoms with E-state index in [1.165, 1.54) is 11.3 Å². The summed E-state index contributed by atoms with van der Waals surface area (Å²) in [4.78, 5) is 12.2. The van der Waals surface area contributed by atoms with E-state index in [9.17, 15) is 4.79 Å². The molecule has 0 bridgehead atoms. The quantitative estimate of drug-likeness (QED) is 0.623. The fourth-order valence-corrected chi connectivity index (χ4v) is 4.04. The van der Waals surface area contributed by atoms with Gasteiger partial charge in [0, 0.05) is 31.8 Å². The SMILES string of the molecule is COCCn1ccc2c(OCC(=O)Nc3nnc(C4CCCO4)s3)cccc21. The molecule has 4 rings (SSSR count). The predicted octanol–water partition coefficient (Wildman–Crippen LogP) is 3.01. The van der Waals surface area contributed by atoms with Gasteiger partial charge in [-0.15, -0.1) is 10.2 Å². The van der Waals surface area contributed by atoms with Crippen molar-refractivity contribution in [2.24, 2.45) is 0 Å². The first kappa shape index (κ1) is 18.9. The fourth-order valence-electron chi connectivity index (χ4n) is 3.19. The van der Waals surface area contributed by atoms with Crippen molar-refractivity contribution >= 4 is 33.3 Å². The van der Waals surface area contributed by atoms with Gasteiger partial charge in [0.2, 0.25) is 5.13 Å². The average molecular weight is 402 g/mol. The largest absolute Gasteiger partial charge is 0.483 e. The molecule has 2 aromatic heterocycles. The zero-order valence-electron chi connectivity index (χ0n) is 15.6. The summed E-state index contributed by atoms with van der Waals surface area (Å²) in [5.41, 5.74) is 1.04. The number of hydrogen-bond donors (Lipinski definition) is 1. The van der Waals surface area contributed by atoms with E-state index < -0.39 is 0 Å². The van der Waals surface area contributed by atoms with Crippen molar-refractivity contribution in [3.8, 4) is 5.75 Å². The first-order valence-electron chi connectivity index (χ1n) is 9.19. The van der Waals surface area contributed by atoms with Crippen LogP contribution in [-0.2, 0) is 20.8 Å². The third-order valence-electron chi connectivity index (χ3n) is 4.56. The van der Waals surface area contributed by atoms with E-state index in [1.807, 2.05) is 30.5 Å². The number of hydrogen-bond acceptors (Lipinski definition) is 7. The first-order valence-corrected chi connectivity index (χ1v) is 10.0. The summed E-state index contributed by atoms with van der Waals surface area (Å²) in [7, 11) is 1.68. The average Bonchev–Trinajstić information content (AvgIpc) is 3.45. The van der Waals surface area contributed by atoms with Crippen molar-refractivity contribution in [3.05, 3.63) is 35.5 Å². The van der Waals surface area contributed by atoms with Gasteiger partial charge in [0.25, 0.3) is 5.91 Å². The van der Waals surface area contributed by atoms with Gasteiger partial charge in [0.15, 0.2) is 6.61 Å². The molecule has 1 unspecified atom stereocenters. The van der Waals surface area contributed by atoms with Crippen LogP contribution in [0, 0.1) is 0 Å². The lowest BCUT2D eigenvalue weighted by Gasteiger charge is -2.08. The molecule has 148 valence electrons. The Morgan fingerprint density at radius 2 is 2.32 bits per heavy atom. The lowest BCUT2D eigenvalue weighted by atomic mass is 10.2. The Kier molecular flexibility index (Phi) is 5.84. The van der Waals surface area contributed by atoms with Crippen LogP contribution in [0.4, 0.5) is 5.13 Å². The molecule has 1 atom stereocenters. The van der Waals surface area contributed by atoms with E-state index in [0.717, 1.165) is 41.9 Å². The molecule has 1 fully saturated rings. The molecule has 0 saturated carbocycles. The molecule has 1 saturated heterocycles. The van der Waals surface area contributed by atoms with Gasteiger partial charge in [0.05, 0.1) is 12.1 Å². The maximum atomic E-state index is 12.2. The summed E-state index contributed by atoms with van der Waals surface area (Å²) in [6.07, 6.45) is 3.96. The normalized spacial score (nSPS) is 16.5. The van der Waals surface area contributed by atoms with Gasteiger partial charge in [-0.05, 0) is 31.0 Å². The van der Waals surface area contributed by atoms with Crippen molar-refractivity contribution in [3.63, 3.8) is 0 Å². The number of carbonyl (C=O) groups excluding carboxylic acids is 1. The number of anilines is 1. The summed E-state index contributed by atoms with van der Waals surface area (Å²) < 4.78 is 18.6. The van der Waals surface area contributed by atoms with Gasteiger partial charge in [-0.1, -0.05) is 17.4 Å². The standard InChI is InChI=1S/C19H22N4O4S/c1-25-11-9-23-8-7-13-14(23)4-2-5-15(13)27-12-17(24)20-19-22-21-18(28-19)16-6-3-10-26-16/h2,4-5,7-8,16H,3,6,9-12H2,1H3,(H,20,22,24). The number of amides is 1. The molecular formula is C19H22N4O4S. The maximum absolute atomic E-state index is 12.2. The smallest absolute Gasteiger partial charge is 0.264 e. The molecular weight excluding hydrogens is 380 g/mol. The van der Waals surface area contributed by atoms with Crippen LogP contribution in [0.5, 0.6) is 5.75 Å². The van der Waals surface area contributed by atoms with Crippen LogP contribution in [0.1, 0.15) is 24.0 Å². The molecule has 0 aliphatic carbocycles. The van der Waals surface area contributed by atoms with Crippen LogP contribution < -0.4 is 10.1 Å². The highest BCUT2D eigenvalue weighted by Crippen LogP contribution is 2.32. The summed E-state index contributed by atoms with van der Waals surface area (Å²) >= 11 is 1.34. The van der Waals surface area contributed by atoms with Gasteiger partial charge in [-0.3, -0.25) is 10.1 Å². The van der Waals surface area contributed by atoms with E-state index in [2.05, 4.69) is 20.1 Å². The Balaban J connectivity index is 1.36. The lowest BCUT2D eigenvalue weighted by molar-refractivity contribution is -0.118. The topological polar surface area (TPSA) is 87.5 Å². The molecule has 1 N–H and O–H groups in total. The highest BCUT2D eigenvalue weighted by molar-refractivity contribution is 7.15. The molecule has 28 heavy (non-hydrogen) atoms. The molecule has 3 heterocycles. The number of aromatic nitrogens is 3. The van der Waals surface area contributed by atoms with Gasteiger partial charge in [-0.2, -0.15) is 0 Å². The van der Waals surface area contributed by atoms with Gasteiger partial charge < -0.3 is 18.8 Å². The molecule has 0 spiro atoms. The first-order chi connectivity index (χ1) is 13.7. The summed E-state index contributed by atoms with van der Waals surface area (Å²) in [5.74, 6) is 0.395. The van der Waals surface area contributed by atoms with E-state index >= 15 is 0 Å². The Hall–Kier alpha value is -2.49. The van der Waals surface area contributed by atoms with Crippen LogP contribution in [0.2, 0.25) is 0 Å². The fraction of sp³-hybridized carbons (Fsp3) is 0.421. The number of benzene rings is 1. The van der Waals surface area contributed by atoms with Crippen molar-refractivity contribution in [2.75, 3.05) is 32.2 Å². The second-order valence-corrected chi connectivity index (χ2v) is 7.48. The molecule has 1 aliphatic heterocycles. The maximum Gasteiger partial charge on any atom is 0.264 e. The highest BCUT2D eigenvalue weighted by Gasteiger charge is 2.22. The number of nitrogens with one attached hydrogen (secondary N) is 1. The second kappa shape index (κ2) is 8.68. The Morgan fingerprint density at radius 1 is 1.39 bits per heavy atom. The molecule has 1 aromatic carbocycles. The summed E-state index contributed by atoms with van der Waals surface area (Å²) in [6, 6.07) is 7.77. The van der Waals surface area contributed by atoms with E-state index in [1.54, 1.807) is 7.11 Å². The zero-order valence-corrected chi connectivity index (χ0v) is 16.4. The Labute approximate surface area is 166 Å². The van der Waals surface area contributed by atoms with E-state index in [-0.39, 0.29) is 18.6 Å². The predicted molar refractivity (Wildman–Crippen MR) is 106 cm³/mol. The Morgan fingerprint density at radius 3 is 3.14 bits per heavy atom. The summed E-state index contributed by atoms with van der Waals surface area (Å²) in [5, 5.41) is 13.1. The van der Waals surface area contributed by atoms with Crippen LogP contribution in [0.25, 0.3) is 10.9 Å². The van der Waals surface area contributed by atoms with Crippen LogP contribution in [0.3, 0.4) is 0 Å². The molecule has 1 amide bonds.